The van der Waals surface area contributed by atoms with E-state index in [4.69, 9.17) is 17.3 Å². The molecule has 1 rings (SSSR count). The quantitative estimate of drug-likeness (QED) is 0.633. The van der Waals surface area contributed by atoms with E-state index in [1.54, 1.807) is 6.07 Å². The van der Waals surface area contributed by atoms with Gasteiger partial charge in [0, 0.05) is 16.1 Å². The highest BCUT2D eigenvalue weighted by Gasteiger charge is 2.11. The molecule has 0 aliphatic carbocycles. The van der Waals surface area contributed by atoms with E-state index < -0.39 is 5.91 Å². The van der Waals surface area contributed by atoms with Gasteiger partial charge in [-0.3, -0.25) is 4.79 Å². The number of halogens is 3. The van der Waals surface area contributed by atoms with Crippen LogP contribution in [0.1, 0.15) is 5.56 Å². The average Bonchev–Trinajstić information content (AvgIpc) is 2.18. The van der Waals surface area contributed by atoms with Crippen molar-refractivity contribution in [2.45, 2.75) is 0 Å². The lowest BCUT2D eigenvalue weighted by Crippen LogP contribution is -2.05. The molecule has 0 aromatic heterocycles. The highest BCUT2D eigenvalue weighted by molar-refractivity contribution is 9.11. The van der Waals surface area contributed by atoms with E-state index in [0.29, 0.717) is 19.5 Å². The third-order valence-electron chi connectivity index (χ3n) is 1.59. The monoisotopic (exact) mass is 353 g/mol. The number of amides is 1. The third kappa shape index (κ3) is 2.96. The fraction of sp³-hybridized carbons (Fsp3) is 0. The number of phenolic OH excluding ortho intramolecular Hbond substituents is 1. The van der Waals surface area contributed by atoms with Crippen molar-refractivity contribution >= 4 is 55.4 Å². The summed E-state index contributed by atoms with van der Waals surface area (Å²) in [7, 11) is 0. The summed E-state index contributed by atoms with van der Waals surface area (Å²) in [4.78, 5) is 10.5. The largest absolute Gasteiger partial charge is 0.506 e. The van der Waals surface area contributed by atoms with Crippen molar-refractivity contribution in [3.63, 3.8) is 0 Å². The molecule has 0 aliphatic heterocycles. The van der Waals surface area contributed by atoms with Crippen LogP contribution >= 0.6 is 43.5 Å². The molecule has 3 N–H and O–H groups in total. The molecule has 0 saturated heterocycles. The van der Waals surface area contributed by atoms with E-state index >= 15 is 0 Å². The molecule has 3 nitrogen and oxygen atoms in total. The van der Waals surface area contributed by atoms with Crippen LogP contribution in [0.3, 0.4) is 0 Å². The van der Waals surface area contributed by atoms with Gasteiger partial charge in [0.2, 0.25) is 5.91 Å². The van der Waals surface area contributed by atoms with Gasteiger partial charge < -0.3 is 10.8 Å². The average molecular weight is 355 g/mol. The fourth-order valence-corrected chi connectivity index (χ4v) is 2.20. The maximum Gasteiger partial charge on any atom is 0.241 e. The number of nitrogens with two attached hydrogens (primary N) is 1. The maximum absolute atomic E-state index is 10.5. The van der Waals surface area contributed by atoms with Gasteiger partial charge in [-0.2, -0.15) is 0 Å². The number of rotatable bonds is 2. The number of carbonyl (C=O) groups is 1. The van der Waals surface area contributed by atoms with Gasteiger partial charge >= 0.3 is 0 Å². The standard InChI is InChI=1S/C9H6Br2ClNO2/c10-5-3-4(1-2-6(13)14)9(15)7(11)8(5)12/h1-3,15H,(H2,13,14)/b2-1+. The van der Waals surface area contributed by atoms with E-state index in [1.807, 2.05) is 0 Å². The summed E-state index contributed by atoms with van der Waals surface area (Å²) in [5.41, 5.74) is 5.38. The predicted molar refractivity (Wildman–Crippen MR) is 66.7 cm³/mol. The van der Waals surface area contributed by atoms with Gasteiger partial charge in [0.15, 0.2) is 0 Å². The maximum atomic E-state index is 10.5. The van der Waals surface area contributed by atoms with Gasteiger partial charge in [-0.05, 0) is 44.0 Å². The minimum absolute atomic E-state index is 0.0410. The minimum Gasteiger partial charge on any atom is -0.506 e. The Balaban J connectivity index is 3.26. The Bertz CT molecular complexity index is 446. The van der Waals surface area contributed by atoms with E-state index in [-0.39, 0.29) is 5.75 Å². The van der Waals surface area contributed by atoms with Crippen LogP contribution in [0.25, 0.3) is 6.08 Å². The molecule has 0 radical (unpaired) electrons. The summed E-state index contributed by atoms with van der Waals surface area (Å²) in [6.45, 7) is 0. The second kappa shape index (κ2) is 5.01. The summed E-state index contributed by atoms with van der Waals surface area (Å²) in [5.74, 6) is -0.628. The first kappa shape index (κ1) is 12.5. The molecule has 1 aromatic carbocycles. The Labute approximate surface area is 108 Å². The highest BCUT2D eigenvalue weighted by atomic mass is 79.9. The molecular weight excluding hydrogens is 349 g/mol. The first-order valence-corrected chi connectivity index (χ1v) is 5.74. The number of hydrogen-bond donors (Lipinski definition) is 2. The zero-order chi connectivity index (χ0) is 11.6. The van der Waals surface area contributed by atoms with E-state index in [1.165, 1.54) is 6.08 Å². The van der Waals surface area contributed by atoms with Crippen LogP contribution < -0.4 is 5.73 Å². The summed E-state index contributed by atoms with van der Waals surface area (Å²) < 4.78 is 0.973. The Kier molecular flexibility index (Phi) is 4.19. The van der Waals surface area contributed by atoms with Crippen LogP contribution in [0.15, 0.2) is 21.1 Å². The lowest BCUT2D eigenvalue weighted by atomic mass is 10.2. The van der Waals surface area contributed by atoms with Crippen LogP contribution in [0, 0.1) is 0 Å². The van der Waals surface area contributed by atoms with Gasteiger partial charge in [0.25, 0.3) is 0 Å². The highest BCUT2D eigenvalue weighted by Crippen LogP contribution is 2.40. The molecule has 0 unspecified atom stereocenters. The minimum atomic E-state index is -0.586. The summed E-state index contributed by atoms with van der Waals surface area (Å²) in [5, 5.41) is 10.0. The second-order valence-electron chi connectivity index (χ2n) is 2.66. The smallest absolute Gasteiger partial charge is 0.241 e. The number of benzene rings is 1. The molecule has 0 saturated carbocycles. The van der Waals surface area contributed by atoms with Crippen molar-refractivity contribution in [2.75, 3.05) is 0 Å². The lowest BCUT2D eigenvalue weighted by molar-refractivity contribution is -0.113. The molecule has 0 aliphatic rings. The van der Waals surface area contributed by atoms with Crippen molar-refractivity contribution in [3.05, 3.63) is 31.7 Å². The number of hydrogen-bond acceptors (Lipinski definition) is 2. The molecule has 15 heavy (non-hydrogen) atoms. The first-order valence-electron chi connectivity index (χ1n) is 3.77. The molecule has 1 amide bonds. The van der Waals surface area contributed by atoms with Gasteiger partial charge in [-0.15, -0.1) is 0 Å². The molecule has 0 heterocycles. The lowest BCUT2D eigenvalue weighted by Gasteiger charge is -2.05. The van der Waals surface area contributed by atoms with Crippen LogP contribution in [-0.4, -0.2) is 11.0 Å². The summed E-state index contributed by atoms with van der Waals surface area (Å²) in [6, 6.07) is 1.59. The van der Waals surface area contributed by atoms with E-state index in [9.17, 15) is 9.90 Å². The molecular formula is C9H6Br2ClNO2. The molecule has 0 bridgehead atoms. The third-order valence-corrected chi connectivity index (χ3v) is 3.84. The van der Waals surface area contributed by atoms with Crippen LogP contribution in [-0.2, 0) is 4.79 Å². The Hall–Kier alpha value is -0.520. The van der Waals surface area contributed by atoms with Crippen LogP contribution in [0.4, 0.5) is 0 Å². The van der Waals surface area contributed by atoms with Crippen LogP contribution in [0.5, 0.6) is 5.75 Å². The SMILES string of the molecule is NC(=O)/C=C/c1cc(Br)c(Cl)c(Br)c1O. The number of carbonyl (C=O) groups excluding carboxylic acids is 1. The van der Waals surface area contributed by atoms with Crippen molar-refractivity contribution in [1.29, 1.82) is 0 Å². The van der Waals surface area contributed by atoms with E-state index in [2.05, 4.69) is 31.9 Å². The molecule has 0 fully saturated rings. The molecule has 0 spiro atoms. The first-order chi connectivity index (χ1) is 6.93. The zero-order valence-corrected chi connectivity index (χ0v) is 11.2. The van der Waals surface area contributed by atoms with Gasteiger partial charge in [0.1, 0.15) is 5.75 Å². The predicted octanol–water partition coefficient (Wildman–Crippen LogP) is 3.07. The topological polar surface area (TPSA) is 63.3 Å². The fourth-order valence-electron chi connectivity index (χ4n) is 0.903. The van der Waals surface area contributed by atoms with E-state index in [0.717, 1.165) is 6.08 Å². The Morgan fingerprint density at radius 3 is 2.67 bits per heavy atom. The van der Waals surface area contributed by atoms with Crippen molar-refractivity contribution < 1.29 is 9.90 Å². The zero-order valence-electron chi connectivity index (χ0n) is 7.30. The molecule has 1 aromatic rings. The van der Waals surface area contributed by atoms with Crippen molar-refractivity contribution in [2.24, 2.45) is 5.73 Å². The van der Waals surface area contributed by atoms with Crippen LogP contribution in [0.2, 0.25) is 5.02 Å². The Morgan fingerprint density at radius 2 is 2.13 bits per heavy atom. The Morgan fingerprint density at radius 1 is 1.53 bits per heavy atom. The van der Waals surface area contributed by atoms with Gasteiger partial charge in [-0.25, -0.2) is 0 Å². The van der Waals surface area contributed by atoms with Gasteiger partial charge in [0.05, 0.1) is 9.50 Å². The summed E-state index contributed by atoms with van der Waals surface area (Å²) >= 11 is 12.2. The second-order valence-corrected chi connectivity index (χ2v) is 4.69. The number of phenols is 1. The molecule has 80 valence electrons. The van der Waals surface area contributed by atoms with Crippen molar-refractivity contribution in [3.8, 4) is 5.75 Å². The van der Waals surface area contributed by atoms with Crippen molar-refractivity contribution in [1.82, 2.24) is 0 Å². The normalized spacial score (nSPS) is 10.9. The molecule has 0 atom stereocenters. The molecule has 6 heteroatoms. The summed E-state index contributed by atoms with van der Waals surface area (Å²) in [6.07, 6.45) is 2.56. The van der Waals surface area contributed by atoms with Gasteiger partial charge in [-0.1, -0.05) is 11.6 Å². The number of aromatic hydroxyl groups is 1. The number of primary amides is 1.